The molecule has 0 radical (unpaired) electrons. The second-order valence-electron chi connectivity index (χ2n) is 11.4. The van der Waals surface area contributed by atoms with Crippen LogP contribution in [0.5, 0.6) is 0 Å². The molecule has 2 N–H and O–H groups in total. The lowest BCUT2D eigenvalue weighted by Gasteiger charge is -2.33. The van der Waals surface area contributed by atoms with Crippen LogP contribution in [0.4, 0.5) is 17.5 Å². The van der Waals surface area contributed by atoms with Crippen LogP contribution in [0.2, 0.25) is 5.02 Å². The van der Waals surface area contributed by atoms with Gasteiger partial charge in [-0.2, -0.15) is 0 Å². The zero-order valence-corrected chi connectivity index (χ0v) is 25.9. The van der Waals surface area contributed by atoms with Crippen molar-refractivity contribution in [3.63, 3.8) is 0 Å². The van der Waals surface area contributed by atoms with Crippen LogP contribution in [0.25, 0.3) is 11.1 Å². The molecule has 2 atom stereocenters. The van der Waals surface area contributed by atoms with Crippen molar-refractivity contribution >= 4 is 40.9 Å². The Morgan fingerprint density at radius 3 is 2.55 bits per heavy atom. The number of hydrogen-bond donors (Lipinski definition) is 2. The average molecular weight is 615 g/mol. The van der Waals surface area contributed by atoms with Crippen LogP contribution < -0.4 is 15.5 Å². The number of aryl methyl sites for hydroxylation is 1. The zero-order chi connectivity index (χ0) is 31.0. The van der Waals surface area contributed by atoms with Crippen molar-refractivity contribution in [2.24, 2.45) is 7.05 Å². The molecule has 1 fully saturated rings. The minimum atomic E-state index is -0.672. The van der Waals surface area contributed by atoms with Crippen LogP contribution in [0.3, 0.4) is 0 Å². The van der Waals surface area contributed by atoms with E-state index in [-0.39, 0.29) is 17.9 Å². The molecule has 228 valence electrons. The van der Waals surface area contributed by atoms with E-state index in [1.807, 2.05) is 43.3 Å². The summed E-state index contributed by atoms with van der Waals surface area (Å²) in [5.41, 5.74) is 3.67. The monoisotopic (exact) mass is 614 g/mol. The predicted octanol–water partition coefficient (Wildman–Crippen LogP) is 3.64. The molecule has 2 unspecified atom stereocenters. The van der Waals surface area contributed by atoms with E-state index in [9.17, 15) is 9.59 Å². The minimum Gasteiger partial charge on any atom is -0.354 e. The molecule has 1 aromatic carbocycles. The molecule has 6 rings (SSSR count). The Morgan fingerprint density at radius 2 is 1.80 bits per heavy atom. The maximum atomic E-state index is 13.6. The van der Waals surface area contributed by atoms with Crippen LogP contribution in [0.1, 0.15) is 41.5 Å². The Bertz CT molecular complexity index is 1700. The summed E-state index contributed by atoms with van der Waals surface area (Å²) in [6, 6.07) is 12.4. The maximum absolute atomic E-state index is 13.6. The Balaban J connectivity index is 1.13. The molecule has 4 aromatic rings. The highest BCUT2D eigenvalue weighted by molar-refractivity contribution is 6.33. The van der Waals surface area contributed by atoms with Crippen molar-refractivity contribution in [2.45, 2.75) is 32.5 Å². The van der Waals surface area contributed by atoms with Crippen molar-refractivity contribution in [1.29, 1.82) is 0 Å². The summed E-state index contributed by atoms with van der Waals surface area (Å²) in [4.78, 5) is 42.3. The fourth-order valence-electron chi connectivity index (χ4n) is 5.51. The number of nitrogens with one attached hydrogen (secondary N) is 2. The molecular weight excluding hydrogens is 580 g/mol. The number of benzene rings is 1. The van der Waals surface area contributed by atoms with Gasteiger partial charge >= 0.3 is 0 Å². The van der Waals surface area contributed by atoms with Gasteiger partial charge in [0.1, 0.15) is 17.7 Å². The topological polar surface area (TPSA) is 124 Å². The van der Waals surface area contributed by atoms with Gasteiger partial charge in [0, 0.05) is 57.1 Å². The third-order valence-electron chi connectivity index (χ3n) is 8.20. The molecule has 0 saturated carbocycles. The van der Waals surface area contributed by atoms with Gasteiger partial charge in [-0.05, 0) is 56.3 Å². The van der Waals surface area contributed by atoms with E-state index in [0.29, 0.717) is 34.3 Å². The van der Waals surface area contributed by atoms with Gasteiger partial charge in [-0.25, -0.2) is 9.97 Å². The van der Waals surface area contributed by atoms with Crippen molar-refractivity contribution in [2.75, 3.05) is 43.4 Å². The summed E-state index contributed by atoms with van der Waals surface area (Å²) < 4.78 is 1.59. The third kappa shape index (κ3) is 6.08. The molecule has 44 heavy (non-hydrogen) atoms. The van der Waals surface area contributed by atoms with Gasteiger partial charge in [0.2, 0.25) is 5.91 Å². The summed E-state index contributed by atoms with van der Waals surface area (Å²) >= 11 is 6.52. The molecule has 0 aliphatic carbocycles. The van der Waals surface area contributed by atoms with E-state index in [4.69, 9.17) is 16.6 Å². The van der Waals surface area contributed by atoms with Gasteiger partial charge in [0.05, 0.1) is 23.0 Å². The molecular formula is C31H35ClN10O2. The highest BCUT2D eigenvalue weighted by Crippen LogP contribution is 2.34. The lowest BCUT2D eigenvalue weighted by atomic mass is 10.0. The SMILES string of the molecule is CC(NC(=O)C(C)N1Cc2ccc(-c3cc(Nc4cn(C)nn4)ncc3Cl)cc2C1=O)c1cccc(N2CCN(C)CC2)n1. The second kappa shape index (κ2) is 12.2. The molecule has 5 heterocycles. The number of pyridine rings is 2. The first-order valence-corrected chi connectivity index (χ1v) is 15.0. The number of hydrogen-bond acceptors (Lipinski definition) is 9. The Labute approximate surface area is 261 Å². The molecule has 1 saturated heterocycles. The molecule has 3 aromatic heterocycles. The van der Waals surface area contributed by atoms with Crippen LogP contribution in [-0.4, -0.2) is 85.8 Å². The van der Waals surface area contributed by atoms with E-state index >= 15 is 0 Å². The Kier molecular flexibility index (Phi) is 8.19. The first-order valence-electron chi connectivity index (χ1n) is 14.6. The van der Waals surface area contributed by atoms with Crippen molar-refractivity contribution in [3.8, 4) is 11.1 Å². The molecule has 2 aliphatic heterocycles. The van der Waals surface area contributed by atoms with E-state index in [2.05, 4.69) is 42.8 Å². The summed E-state index contributed by atoms with van der Waals surface area (Å²) in [6.07, 6.45) is 3.29. The standard InChI is InChI=1S/C31H35ClN10O2/c1-19(26-6-5-7-29(35-26)41-12-10-39(3)11-13-41)34-30(43)20(2)42-17-22-9-8-21(14-24(22)31(42)44)23-15-27(33-16-25(23)32)36-28-18-40(4)38-37-28/h5-9,14-16,18-20H,10-13,17H2,1-4H3,(H,33,36)(H,34,43). The lowest BCUT2D eigenvalue weighted by molar-refractivity contribution is -0.125. The number of aromatic nitrogens is 5. The van der Waals surface area contributed by atoms with Crippen molar-refractivity contribution in [3.05, 3.63) is 76.7 Å². The number of carbonyl (C=O) groups is 2. The summed E-state index contributed by atoms with van der Waals surface area (Å²) in [6.45, 7) is 7.82. The number of likely N-dealkylation sites (N-methyl/N-ethyl adjacent to an activating group) is 1. The molecule has 2 amide bonds. The van der Waals surface area contributed by atoms with Gasteiger partial charge < -0.3 is 25.3 Å². The van der Waals surface area contributed by atoms with Gasteiger partial charge in [-0.15, -0.1) is 5.10 Å². The smallest absolute Gasteiger partial charge is 0.255 e. The predicted molar refractivity (Wildman–Crippen MR) is 169 cm³/mol. The Morgan fingerprint density at radius 1 is 1.00 bits per heavy atom. The largest absolute Gasteiger partial charge is 0.354 e. The number of rotatable bonds is 8. The average Bonchev–Trinajstić information content (AvgIpc) is 3.59. The highest BCUT2D eigenvalue weighted by Gasteiger charge is 2.34. The first kappa shape index (κ1) is 29.5. The highest BCUT2D eigenvalue weighted by atomic mass is 35.5. The van der Waals surface area contributed by atoms with Crippen molar-refractivity contribution in [1.82, 2.24) is 40.1 Å². The van der Waals surface area contributed by atoms with Gasteiger partial charge in [0.15, 0.2) is 5.82 Å². The third-order valence-corrected chi connectivity index (χ3v) is 8.50. The summed E-state index contributed by atoms with van der Waals surface area (Å²) in [5.74, 6) is 1.57. The first-order chi connectivity index (χ1) is 21.2. The van der Waals surface area contributed by atoms with Gasteiger partial charge in [-0.3, -0.25) is 14.3 Å². The summed E-state index contributed by atoms with van der Waals surface area (Å²) in [7, 11) is 3.90. The molecule has 0 spiro atoms. The van der Waals surface area contributed by atoms with Crippen LogP contribution in [0, 0.1) is 0 Å². The van der Waals surface area contributed by atoms with Crippen LogP contribution in [0.15, 0.2) is 54.9 Å². The number of anilines is 3. The van der Waals surface area contributed by atoms with Crippen LogP contribution in [-0.2, 0) is 18.4 Å². The zero-order valence-electron chi connectivity index (χ0n) is 25.2. The number of carbonyl (C=O) groups excluding carboxylic acids is 2. The molecule has 13 heteroatoms. The van der Waals surface area contributed by atoms with E-state index in [1.165, 1.54) is 0 Å². The number of halogens is 1. The number of piperazine rings is 1. The van der Waals surface area contributed by atoms with Gasteiger partial charge in [0.25, 0.3) is 5.91 Å². The molecule has 0 bridgehead atoms. The fourth-order valence-corrected chi connectivity index (χ4v) is 5.72. The van der Waals surface area contributed by atoms with E-state index in [0.717, 1.165) is 48.8 Å². The maximum Gasteiger partial charge on any atom is 0.255 e. The lowest BCUT2D eigenvalue weighted by Crippen LogP contribution is -2.46. The van der Waals surface area contributed by atoms with E-state index < -0.39 is 6.04 Å². The van der Waals surface area contributed by atoms with Crippen LogP contribution >= 0.6 is 11.6 Å². The minimum absolute atomic E-state index is 0.199. The molecule has 2 aliphatic rings. The van der Waals surface area contributed by atoms with Gasteiger partial charge in [-0.1, -0.05) is 35.0 Å². The number of amides is 2. The van der Waals surface area contributed by atoms with Crippen molar-refractivity contribution < 1.29 is 9.59 Å². The van der Waals surface area contributed by atoms with E-state index in [1.54, 1.807) is 42.0 Å². The molecule has 12 nitrogen and oxygen atoms in total. The number of fused-ring (bicyclic) bond motifs is 1. The quantitative estimate of drug-likeness (QED) is 0.306. The fraction of sp³-hybridized carbons (Fsp3) is 0.355. The Hall–Kier alpha value is -4.55. The normalized spacial score (nSPS) is 16.5. The second-order valence-corrected chi connectivity index (χ2v) is 11.8. The number of nitrogens with zero attached hydrogens (tertiary/aromatic N) is 8. The summed E-state index contributed by atoms with van der Waals surface area (Å²) in [5, 5.41) is 14.6.